The number of rotatable bonds is 5. The number of halogens is 2. The van der Waals surface area contributed by atoms with Crippen LogP contribution < -0.4 is 4.90 Å². The van der Waals surface area contributed by atoms with Gasteiger partial charge in [0, 0.05) is 46.7 Å². The summed E-state index contributed by atoms with van der Waals surface area (Å²) in [6.45, 7) is 2.27. The lowest BCUT2D eigenvalue weighted by Gasteiger charge is -2.29. The second-order valence-electron chi connectivity index (χ2n) is 7.20. The van der Waals surface area contributed by atoms with E-state index >= 15 is 0 Å². The largest absolute Gasteiger partial charge is 0.356 e. The first kappa shape index (κ1) is 17.7. The number of fused-ring (bicyclic) bond motifs is 1. The first-order valence-electron chi connectivity index (χ1n) is 9.15. The van der Waals surface area contributed by atoms with Gasteiger partial charge in [-0.15, -0.1) is 0 Å². The van der Waals surface area contributed by atoms with E-state index in [1.807, 2.05) is 23.9 Å². The van der Waals surface area contributed by atoms with E-state index in [4.69, 9.17) is 28.3 Å². The number of hydrogen-bond acceptors (Lipinski definition) is 2. The van der Waals surface area contributed by atoms with Crippen LogP contribution in [-0.4, -0.2) is 22.9 Å². The highest BCUT2D eigenvalue weighted by Gasteiger charge is 2.34. The standard InChI is InChI=1S/C21H23Cl2N3/c1-4-19(13-8-9-13)25(2)21-17-7-5-6-16(20(17)24-26(21)3)15-11-10-14(22)12-18(15)23/h5-7,10-13,19H,4,8-9H2,1-3H3. The summed E-state index contributed by atoms with van der Waals surface area (Å²) < 4.78 is 2.00. The van der Waals surface area contributed by atoms with Crippen LogP contribution in [0.2, 0.25) is 10.0 Å². The molecule has 5 heteroatoms. The fourth-order valence-electron chi connectivity index (χ4n) is 4.11. The first-order chi connectivity index (χ1) is 12.5. The molecule has 2 aromatic carbocycles. The number of anilines is 1. The Labute approximate surface area is 164 Å². The van der Waals surface area contributed by atoms with Crippen molar-refractivity contribution in [3.63, 3.8) is 0 Å². The summed E-state index contributed by atoms with van der Waals surface area (Å²) in [7, 11) is 4.23. The number of aromatic nitrogens is 2. The van der Waals surface area contributed by atoms with Crippen LogP contribution in [0.5, 0.6) is 0 Å². The quantitative estimate of drug-likeness (QED) is 0.521. The van der Waals surface area contributed by atoms with E-state index in [1.165, 1.54) is 18.7 Å². The van der Waals surface area contributed by atoms with Gasteiger partial charge < -0.3 is 4.90 Å². The van der Waals surface area contributed by atoms with Gasteiger partial charge in [-0.2, -0.15) is 5.10 Å². The molecule has 0 N–H and O–H groups in total. The molecule has 0 radical (unpaired) electrons. The first-order valence-corrected chi connectivity index (χ1v) is 9.90. The van der Waals surface area contributed by atoms with Gasteiger partial charge in [-0.25, -0.2) is 0 Å². The molecule has 1 heterocycles. The molecule has 0 amide bonds. The van der Waals surface area contributed by atoms with Crippen LogP contribution in [0.1, 0.15) is 26.2 Å². The van der Waals surface area contributed by atoms with Gasteiger partial charge in [0.05, 0.1) is 0 Å². The number of hydrogen-bond donors (Lipinski definition) is 0. The van der Waals surface area contributed by atoms with E-state index in [-0.39, 0.29) is 0 Å². The predicted molar refractivity (Wildman–Crippen MR) is 111 cm³/mol. The molecule has 136 valence electrons. The third kappa shape index (κ3) is 2.97. The maximum Gasteiger partial charge on any atom is 0.134 e. The van der Waals surface area contributed by atoms with Crippen molar-refractivity contribution in [3.05, 3.63) is 46.4 Å². The Morgan fingerprint density at radius 1 is 1.19 bits per heavy atom. The normalized spacial score (nSPS) is 15.4. The molecule has 1 fully saturated rings. The van der Waals surface area contributed by atoms with Crippen molar-refractivity contribution in [1.29, 1.82) is 0 Å². The van der Waals surface area contributed by atoms with Gasteiger partial charge in [-0.1, -0.05) is 48.3 Å². The number of nitrogens with zero attached hydrogens (tertiary/aromatic N) is 3. The molecule has 1 aliphatic carbocycles. The summed E-state index contributed by atoms with van der Waals surface area (Å²) in [6.07, 6.45) is 3.82. The summed E-state index contributed by atoms with van der Waals surface area (Å²) in [5, 5.41) is 7.31. The second-order valence-corrected chi connectivity index (χ2v) is 8.04. The lowest BCUT2D eigenvalue weighted by Crippen LogP contribution is -2.34. The molecular weight excluding hydrogens is 365 g/mol. The van der Waals surface area contributed by atoms with Crippen molar-refractivity contribution in [2.75, 3.05) is 11.9 Å². The van der Waals surface area contributed by atoms with Crippen LogP contribution in [0.3, 0.4) is 0 Å². The average Bonchev–Trinajstić information content (AvgIpc) is 3.36. The molecule has 1 aliphatic rings. The Morgan fingerprint density at radius 3 is 2.62 bits per heavy atom. The fourth-order valence-corrected chi connectivity index (χ4v) is 4.62. The van der Waals surface area contributed by atoms with Gasteiger partial charge >= 0.3 is 0 Å². The highest BCUT2D eigenvalue weighted by Crippen LogP contribution is 2.41. The van der Waals surface area contributed by atoms with Gasteiger partial charge in [0.2, 0.25) is 0 Å². The molecule has 1 saturated carbocycles. The molecule has 26 heavy (non-hydrogen) atoms. The maximum absolute atomic E-state index is 6.47. The fraction of sp³-hybridized carbons (Fsp3) is 0.381. The number of aryl methyl sites for hydroxylation is 1. The highest BCUT2D eigenvalue weighted by atomic mass is 35.5. The summed E-state index contributed by atoms with van der Waals surface area (Å²) >= 11 is 12.5. The second kappa shape index (κ2) is 6.79. The molecular formula is C21H23Cl2N3. The summed E-state index contributed by atoms with van der Waals surface area (Å²) in [5.41, 5.74) is 2.98. The third-order valence-electron chi connectivity index (χ3n) is 5.47. The molecule has 0 bridgehead atoms. The van der Waals surface area contributed by atoms with Crippen molar-refractivity contribution < 1.29 is 0 Å². The van der Waals surface area contributed by atoms with E-state index in [1.54, 1.807) is 6.07 Å². The topological polar surface area (TPSA) is 21.1 Å². The minimum atomic E-state index is 0.566. The van der Waals surface area contributed by atoms with Crippen molar-refractivity contribution in [2.24, 2.45) is 13.0 Å². The minimum absolute atomic E-state index is 0.566. The molecule has 1 atom stereocenters. The molecule has 0 saturated heterocycles. The van der Waals surface area contributed by atoms with Crippen LogP contribution in [0.15, 0.2) is 36.4 Å². The lowest BCUT2D eigenvalue weighted by molar-refractivity contribution is 0.533. The van der Waals surface area contributed by atoms with E-state index in [2.05, 4.69) is 37.1 Å². The zero-order valence-electron chi connectivity index (χ0n) is 15.3. The van der Waals surface area contributed by atoms with Crippen molar-refractivity contribution in [1.82, 2.24) is 9.78 Å². The van der Waals surface area contributed by atoms with E-state index in [9.17, 15) is 0 Å². The SMILES string of the molecule is CCC(C1CC1)N(C)c1c2cccc(-c3ccc(Cl)cc3Cl)c2nn1C. The lowest BCUT2D eigenvalue weighted by atomic mass is 10.0. The highest BCUT2D eigenvalue weighted by molar-refractivity contribution is 6.36. The molecule has 3 nitrogen and oxygen atoms in total. The summed E-state index contributed by atoms with van der Waals surface area (Å²) in [5.74, 6) is 1.98. The summed E-state index contributed by atoms with van der Waals surface area (Å²) in [6, 6.07) is 12.5. The smallest absolute Gasteiger partial charge is 0.134 e. The number of benzene rings is 2. The Hall–Kier alpha value is -1.71. The van der Waals surface area contributed by atoms with Crippen molar-refractivity contribution in [3.8, 4) is 11.1 Å². The van der Waals surface area contributed by atoms with Gasteiger partial charge in [0.25, 0.3) is 0 Å². The Morgan fingerprint density at radius 2 is 1.96 bits per heavy atom. The van der Waals surface area contributed by atoms with Crippen LogP contribution in [0, 0.1) is 5.92 Å². The van der Waals surface area contributed by atoms with Gasteiger partial charge in [0.1, 0.15) is 11.3 Å². The van der Waals surface area contributed by atoms with E-state index < -0.39 is 0 Å². The predicted octanol–water partition coefficient (Wildman–Crippen LogP) is 6.17. The van der Waals surface area contributed by atoms with Gasteiger partial charge in [-0.05, 0) is 43.4 Å². The Bertz CT molecular complexity index is 959. The Kier molecular flexibility index (Phi) is 4.62. The van der Waals surface area contributed by atoms with Crippen LogP contribution in [0.25, 0.3) is 22.0 Å². The zero-order valence-corrected chi connectivity index (χ0v) is 16.8. The summed E-state index contributed by atoms with van der Waals surface area (Å²) in [4.78, 5) is 2.42. The molecule has 1 aromatic heterocycles. The van der Waals surface area contributed by atoms with Crippen LogP contribution >= 0.6 is 23.2 Å². The van der Waals surface area contributed by atoms with Crippen molar-refractivity contribution >= 4 is 39.9 Å². The van der Waals surface area contributed by atoms with Crippen LogP contribution in [-0.2, 0) is 7.05 Å². The molecule has 1 unspecified atom stereocenters. The molecule has 0 aliphatic heterocycles. The van der Waals surface area contributed by atoms with E-state index in [0.717, 1.165) is 34.4 Å². The van der Waals surface area contributed by atoms with E-state index in [0.29, 0.717) is 16.1 Å². The molecule has 3 aromatic rings. The van der Waals surface area contributed by atoms with Crippen molar-refractivity contribution in [2.45, 2.75) is 32.2 Å². The average molecular weight is 388 g/mol. The zero-order chi connectivity index (χ0) is 18.4. The van der Waals surface area contributed by atoms with Crippen LogP contribution in [0.4, 0.5) is 5.82 Å². The Balaban J connectivity index is 1.86. The van der Waals surface area contributed by atoms with Gasteiger partial charge in [-0.3, -0.25) is 4.68 Å². The minimum Gasteiger partial charge on any atom is -0.356 e. The molecule has 0 spiro atoms. The monoisotopic (exact) mass is 387 g/mol. The van der Waals surface area contributed by atoms with Gasteiger partial charge in [0.15, 0.2) is 0 Å². The third-order valence-corrected chi connectivity index (χ3v) is 6.02. The molecule has 4 rings (SSSR count). The maximum atomic E-state index is 6.47.